The maximum absolute atomic E-state index is 10.4. The summed E-state index contributed by atoms with van der Waals surface area (Å²) >= 11 is 0. The maximum Gasteiger partial charge on any atom is 1.00 e. The Morgan fingerprint density at radius 3 is 2.17 bits per heavy atom. The van der Waals surface area contributed by atoms with Crippen molar-refractivity contribution in [2.24, 2.45) is 0 Å². The topological polar surface area (TPSA) is 66.4 Å². The van der Waals surface area contributed by atoms with Crippen LogP contribution < -0.4 is 29.6 Å². The molecule has 0 radical (unpaired) electrons. The van der Waals surface area contributed by atoms with E-state index in [1.165, 1.54) is 0 Å². The molecule has 0 aliphatic carbocycles. The minimum atomic E-state index is -5.20. The molecule has 0 aliphatic rings. The first-order valence-electron chi connectivity index (χ1n) is 13.8. The monoisotopic (exact) mass is 307 g/mol. The van der Waals surface area contributed by atoms with Gasteiger partial charge in [0.1, 0.15) is 0 Å². The van der Waals surface area contributed by atoms with E-state index in [9.17, 15) is 13.0 Å². The standard InChI is InChI=1S/C12H26O4S.Na/c1-2-3-4-5-6-7-8-9-10-11-12-16-17(13,14)15;/h2-12H2,1H3,(H,13,14,15);/q;+1/p-1/i1D3,2D2,3D2,4D2,5D2,6D2,7D2,8D2,9D2;. The van der Waals surface area contributed by atoms with Gasteiger partial charge >= 0.3 is 29.6 Å². The smallest absolute Gasteiger partial charge is 0.726 e. The third-order valence-electron chi connectivity index (χ3n) is 1.14. The molecule has 0 atom stereocenters. The van der Waals surface area contributed by atoms with Crippen LogP contribution in [0.3, 0.4) is 0 Å². The Morgan fingerprint density at radius 1 is 1.06 bits per heavy atom. The Hall–Kier alpha value is 0.870. The van der Waals surface area contributed by atoms with Crippen molar-refractivity contribution in [3.05, 3.63) is 0 Å². The molecule has 0 aromatic carbocycles. The molecule has 0 heterocycles. The molecule has 0 rings (SSSR count). The van der Waals surface area contributed by atoms with Gasteiger partial charge in [0.05, 0.1) is 6.61 Å². The Morgan fingerprint density at radius 2 is 1.61 bits per heavy atom. The summed E-state index contributed by atoms with van der Waals surface area (Å²) in [6.45, 7) is -4.87. The van der Waals surface area contributed by atoms with E-state index in [0.717, 1.165) is 0 Å². The summed E-state index contributed by atoms with van der Waals surface area (Å²) in [5.74, 6) is 0. The molecule has 4 nitrogen and oxygen atoms in total. The third kappa shape index (κ3) is 19.2. The Labute approximate surface area is 161 Å². The van der Waals surface area contributed by atoms with Crippen LogP contribution in [0.15, 0.2) is 0 Å². The second-order valence-electron chi connectivity index (χ2n) is 2.39. The van der Waals surface area contributed by atoms with Crippen molar-refractivity contribution in [3.63, 3.8) is 0 Å². The first-order chi connectivity index (χ1) is 15.2. The fraction of sp³-hybridized carbons (Fsp3) is 1.00. The molecule has 104 valence electrons. The van der Waals surface area contributed by atoms with E-state index in [0.29, 0.717) is 0 Å². The summed E-state index contributed by atoms with van der Waals surface area (Å²) in [5, 5.41) is 0. The predicted octanol–water partition coefficient (Wildman–Crippen LogP) is 0.388. The summed E-state index contributed by atoms with van der Waals surface area (Å²) < 4.78 is 182. The Kier molecular flexibility index (Phi) is 3.72. The molecule has 0 aromatic heterocycles. The molecule has 0 bridgehead atoms. The molecule has 6 heteroatoms. The summed E-state index contributed by atoms with van der Waals surface area (Å²) in [4.78, 5) is 0. The van der Waals surface area contributed by atoms with E-state index in [4.69, 9.17) is 26.0 Å². The van der Waals surface area contributed by atoms with E-state index >= 15 is 0 Å². The molecule has 0 N–H and O–H groups in total. The molecular weight excluding hydrogens is 263 g/mol. The molecule has 0 aromatic rings. The van der Waals surface area contributed by atoms with Crippen LogP contribution in [-0.2, 0) is 14.6 Å². The van der Waals surface area contributed by atoms with Gasteiger partial charge < -0.3 is 4.55 Å². The summed E-state index contributed by atoms with van der Waals surface area (Å²) in [5.41, 5.74) is 0. The van der Waals surface area contributed by atoms with Crippen LogP contribution in [0.2, 0.25) is 0 Å². The van der Waals surface area contributed by atoms with Crippen LogP contribution in [-0.4, -0.2) is 19.6 Å². The molecule has 0 spiro atoms. The van der Waals surface area contributed by atoms with Gasteiger partial charge in [-0.05, 0) is 6.42 Å². The molecule has 0 unspecified atom stereocenters. The average molecular weight is 308 g/mol. The molecule has 0 saturated heterocycles. The van der Waals surface area contributed by atoms with Gasteiger partial charge in [0.2, 0.25) is 10.4 Å². The zero-order chi connectivity index (χ0) is 29.8. The van der Waals surface area contributed by atoms with Crippen molar-refractivity contribution in [2.45, 2.75) is 70.7 Å². The quantitative estimate of drug-likeness (QED) is 0.226. The van der Waals surface area contributed by atoms with Gasteiger partial charge in [0, 0.05) is 26.0 Å². The molecular formula is C12H25NaO4S. The van der Waals surface area contributed by atoms with Crippen LogP contribution in [0, 0.1) is 0 Å². The summed E-state index contributed by atoms with van der Waals surface area (Å²) in [6, 6.07) is 0. The minimum Gasteiger partial charge on any atom is -0.726 e. The van der Waals surface area contributed by atoms with Gasteiger partial charge in [-0.2, -0.15) is 0 Å². The second kappa shape index (κ2) is 14.3. The van der Waals surface area contributed by atoms with Gasteiger partial charge in [0.15, 0.2) is 0 Å². The number of rotatable bonds is 12. The SMILES string of the molecule is [2H]C([2H])([2H])C([2H])([2H])C([2H])([2H])C([2H])([2H])C([2H])([2H])C([2H])([2H])C([2H])([2H])C([2H])([2H])C([2H])([2H])CCCOS(=O)(=O)[O-].[Na+]. The van der Waals surface area contributed by atoms with E-state index < -0.39 is 87.7 Å². The van der Waals surface area contributed by atoms with Crippen molar-refractivity contribution in [1.29, 1.82) is 0 Å². The summed E-state index contributed by atoms with van der Waals surface area (Å²) in [6.07, 6.45) is -35.7. The maximum atomic E-state index is 10.4. The van der Waals surface area contributed by atoms with Crippen molar-refractivity contribution in [2.75, 3.05) is 6.61 Å². The first kappa shape index (κ1) is 4.68. The van der Waals surface area contributed by atoms with E-state index in [2.05, 4.69) is 4.18 Å². The van der Waals surface area contributed by atoms with Gasteiger partial charge in [0.25, 0.3) is 0 Å². The third-order valence-corrected chi connectivity index (χ3v) is 1.59. The molecule has 0 fully saturated rings. The first-order valence-corrected chi connectivity index (χ1v) is 5.64. The predicted molar refractivity (Wildman–Crippen MR) is 67.5 cm³/mol. The molecule has 0 aliphatic heterocycles. The fourth-order valence-corrected chi connectivity index (χ4v) is 0.906. The van der Waals surface area contributed by atoms with E-state index in [1.54, 1.807) is 0 Å². The molecule has 0 amide bonds. The van der Waals surface area contributed by atoms with Crippen LogP contribution in [0.5, 0.6) is 0 Å². The fourth-order valence-electron chi connectivity index (χ4n) is 0.584. The van der Waals surface area contributed by atoms with Crippen molar-refractivity contribution in [3.8, 4) is 0 Å². The Bertz CT molecular complexity index is 897. The average Bonchev–Trinajstić information content (AvgIpc) is 2.62. The zero-order valence-electron chi connectivity index (χ0n) is 28.7. The van der Waals surface area contributed by atoms with Gasteiger partial charge in [-0.3, -0.25) is 4.18 Å². The molecule has 0 saturated carbocycles. The van der Waals surface area contributed by atoms with E-state index in [-0.39, 0.29) is 29.6 Å². The minimum absolute atomic E-state index is 0. The van der Waals surface area contributed by atoms with Crippen molar-refractivity contribution in [1.82, 2.24) is 0 Å². The molecule has 18 heavy (non-hydrogen) atoms. The van der Waals surface area contributed by atoms with Crippen LogP contribution in [0.1, 0.15) is 96.7 Å². The second-order valence-corrected chi connectivity index (χ2v) is 3.44. The van der Waals surface area contributed by atoms with Crippen LogP contribution in [0.4, 0.5) is 0 Å². The van der Waals surface area contributed by atoms with Gasteiger partial charge in [-0.15, -0.1) is 0 Å². The number of hydrogen-bond donors (Lipinski definition) is 0. The summed E-state index contributed by atoms with van der Waals surface area (Å²) in [7, 11) is -5.20. The van der Waals surface area contributed by atoms with Crippen molar-refractivity contribution < 1.29 is 72.8 Å². The van der Waals surface area contributed by atoms with Crippen LogP contribution >= 0.6 is 0 Å². The largest absolute Gasteiger partial charge is 1.00 e. The zero-order valence-corrected chi connectivity index (χ0v) is 12.5. The number of hydrogen-bond acceptors (Lipinski definition) is 4. The van der Waals surface area contributed by atoms with Crippen molar-refractivity contribution >= 4 is 10.4 Å². The van der Waals surface area contributed by atoms with Gasteiger partial charge in [-0.25, -0.2) is 8.42 Å². The Balaban J connectivity index is 0. The van der Waals surface area contributed by atoms with Crippen LogP contribution in [0.25, 0.3) is 0 Å². The van der Waals surface area contributed by atoms with Gasteiger partial charge in [-0.1, -0.05) is 64.3 Å². The normalized spacial score (nSPS) is 33.9. The van der Waals surface area contributed by atoms with E-state index in [1.807, 2.05) is 0 Å².